The first-order valence-electron chi connectivity index (χ1n) is 6.19. The zero-order valence-electron chi connectivity index (χ0n) is 11.3. The summed E-state index contributed by atoms with van der Waals surface area (Å²) in [5.74, 6) is 5.80. The van der Waals surface area contributed by atoms with Gasteiger partial charge in [-0.05, 0) is 13.8 Å². The van der Waals surface area contributed by atoms with Crippen LogP contribution in [0.15, 0.2) is 0 Å². The third-order valence-electron chi connectivity index (χ3n) is 2.56. The van der Waals surface area contributed by atoms with E-state index in [1.165, 1.54) is 0 Å². The van der Waals surface area contributed by atoms with Gasteiger partial charge in [-0.1, -0.05) is 0 Å². The van der Waals surface area contributed by atoms with E-state index in [1.807, 2.05) is 18.7 Å². The molecule has 0 saturated carbocycles. The molecule has 0 aliphatic heterocycles. The van der Waals surface area contributed by atoms with Crippen molar-refractivity contribution in [1.82, 2.24) is 15.0 Å². The zero-order valence-corrected chi connectivity index (χ0v) is 11.3. The van der Waals surface area contributed by atoms with Crippen LogP contribution in [-0.4, -0.2) is 52.2 Å². The van der Waals surface area contributed by atoms with E-state index in [0.29, 0.717) is 19.0 Å². The molecule has 10 heteroatoms. The second-order valence-corrected chi connectivity index (χ2v) is 3.88. The molecule has 1 aromatic heterocycles. The summed E-state index contributed by atoms with van der Waals surface area (Å²) in [6.07, 6.45) is -4.63. The van der Waals surface area contributed by atoms with E-state index in [9.17, 15) is 8.78 Å². The van der Waals surface area contributed by atoms with Gasteiger partial charge >= 0.3 is 0 Å². The highest BCUT2D eigenvalue weighted by molar-refractivity contribution is 5.43. The van der Waals surface area contributed by atoms with Gasteiger partial charge in [0.15, 0.2) is 0 Å². The smallest absolute Gasteiger partial charge is 0.265 e. The van der Waals surface area contributed by atoms with Crippen LogP contribution in [0.3, 0.4) is 0 Å². The van der Waals surface area contributed by atoms with E-state index in [1.54, 1.807) is 0 Å². The Morgan fingerprint density at radius 1 is 1.20 bits per heavy atom. The summed E-state index contributed by atoms with van der Waals surface area (Å²) in [6, 6.07) is 0. The number of nitrogens with two attached hydrogens (primary N) is 1. The number of rotatable bonds is 8. The van der Waals surface area contributed by atoms with E-state index in [4.69, 9.17) is 10.9 Å². The molecule has 1 heterocycles. The Hall–Kier alpha value is -1.81. The first-order valence-corrected chi connectivity index (χ1v) is 6.19. The minimum absolute atomic E-state index is 0.0644. The lowest BCUT2D eigenvalue weighted by molar-refractivity contribution is 0.00376. The summed E-state index contributed by atoms with van der Waals surface area (Å²) in [5, 5.41) is 11.6. The van der Waals surface area contributed by atoms with Crippen LogP contribution in [0.4, 0.5) is 26.6 Å². The second-order valence-electron chi connectivity index (χ2n) is 3.88. The van der Waals surface area contributed by atoms with Gasteiger partial charge in [-0.15, -0.1) is 0 Å². The first-order chi connectivity index (χ1) is 9.51. The number of anilines is 3. The highest BCUT2D eigenvalue weighted by Gasteiger charge is 2.17. The SMILES string of the molecule is CCN(CC)c1nc(NN)nc(NCC(O)C(F)F)n1. The number of hydrogen-bond donors (Lipinski definition) is 4. The number of halogens is 2. The van der Waals surface area contributed by atoms with Crippen molar-refractivity contribution >= 4 is 17.8 Å². The quantitative estimate of drug-likeness (QED) is 0.392. The lowest BCUT2D eigenvalue weighted by Gasteiger charge is -2.19. The topological polar surface area (TPSA) is 112 Å². The third kappa shape index (κ3) is 4.38. The molecule has 0 saturated heterocycles. The number of hydrogen-bond acceptors (Lipinski definition) is 8. The maximum atomic E-state index is 12.2. The Balaban J connectivity index is 2.87. The van der Waals surface area contributed by atoms with E-state index in [2.05, 4.69) is 25.7 Å². The van der Waals surface area contributed by atoms with Crippen LogP contribution in [0.5, 0.6) is 0 Å². The molecule has 0 radical (unpaired) electrons. The Morgan fingerprint density at radius 2 is 1.80 bits per heavy atom. The summed E-state index contributed by atoms with van der Waals surface area (Å²) in [7, 11) is 0. The molecule has 0 aliphatic rings. The lowest BCUT2D eigenvalue weighted by atomic mass is 10.4. The molecule has 0 fully saturated rings. The molecule has 0 aliphatic carbocycles. The lowest BCUT2D eigenvalue weighted by Crippen LogP contribution is -2.29. The van der Waals surface area contributed by atoms with Crippen LogP contribution in [0.25, 0.3) is 0 Å². The number of aromatic nitrogens is 3. The average Bonchev–Trinajstić information content (AvgIpc) is 2.45. The minimum Gasteiger partial charge on any atom is -0.385 e. The van der Waals surface area contributed by atoms with E-state index >= 15 is 0 Å². The van der Waals surface area contributed by atoms with Crippen molar-refractivity contribution in [2.75, 3.05) is 35.3 Å². The number of aliphatic hydroxyl groups is 1. The van der Waals surface area contributed by atoms with Gasteiger partial charge in [0.1, 0.15) is 6.10 Å². The molecular weight excluding hydrogens is 272 g/mol. The summed E-state index contributed by atoms with van der Waals surface area (Å²) in [5.41, 5.74) is 2.28. The van der Waals surface area contributed by atoms with Crippen LogP contribution in [-0.2, 0) is 0 Å². The van der Waals surface area contributed by atoms with Crippen molar-refractivity contribution in [1.29, 1.82) is 0 Å². The molecule has 1 atom stereocenters. The molecule has 0 amide bonds. The van der Waals surface area contributed by atoms with Crippen molar-refractivity contribution in [2.24, 2.45) is 5.84 Å². The number of nitrogen functional groups attached to an aromatic ring is 1. The van der Waals surface area contributed by atoms with E-state index in [0.717, 1.165) is 0 Å². The van der Waals surface area contributed by atoms with Gasteiger partial charge in [0.05, 0.1) is 0 Å². The fourth-order valence-corrected chi connectivity index (χ4v) is 1.44. The molecule has 0 spiro atoms. The minimum atomic E-state index is -2.83. The van der Waals surface area contributed by atoms with Gasteiger partial charge < -0.3 is 15.3 Å². The van der Waals surface area contributed by atoms with Gasteiger partial charge in [0.2, 0.25) is 17.8 Å². The predicted octanol–water partition coefficient (Wildman–Crippen LogP) is 0.0413. The second kappa shape index (κ2) is 7.70. The maximum Gasteiger partial charge on any atom is 0.265 e. The van der Waals surface area contributed by atoms with Gasteiger partial charge in [-0.3, -0.25) is 5.43 Å². The van der Waals surface area contributed by atoms with Gasteiger partial charge in [-0.2, -0.15) is 15.0 Å². The summed E-state index contributed by atoms with van der Waals surface area (Å²) in [4.78, 5) is 13.9. The molecule has 0 bridgehead atoms. The van der Waals surface area contributed by atoms with Crippen molar-refractivity contribution in [3.8, 4) is 0 Å². The summed E-state index contributed by atoms with van der Waals surface area (Å²) < 4.78 is 24.4. The average molecular weight is 291 g/mol. The van der Waals surface area contributed by atoms with Crippen molar-refractivity contribution in [2.45, 2.75) is 26.4 Å². The largest absolute Gasteiger partial charge is 0.385 e. The van der Waals surface area contributed by atoms with Crippen LogP contribution >= 0.6 is 0 Å². The molecule has 1 aromatic rings. The Kier molecular flexibility index (Phi) is 6.25. The highest BCUT2D eigenvalue weighted by atomic mass is 19.3. The third-order valence-corrected chi connectivity index (χ3v) is 2.56. The zero-order chi connectivity index (χ0) is 15.1. The predicted molar refractivity (Wildman–Crippen MR) is 71.7 cm³/mol. The molecule has 114 valence electrons. The van der Waals surface area contributed by atoms with Crippen LogP contribution < -0.4 is 21.5 Å². The molecule has 5 N–H and O–H groups in total. The standard InChI is InChI=1S/C10H19F2N7O/c1-3-19(4-2)10-16-8(15-9(17-10)18-13)14-5-6(20)7(11)12/h6-7,20H,3-5,13H2,1-2H3,(H2,14,15,16,17,18). The monoisotopic (exact) mass is 291 g/mol. The first kappa shape index (κ1) is 16.2. The van der Waals surface area contributed by atoms with Crippen molar-refractivity contribution < 1.29 is 13.9 Å². The molecular formula is C10H19F2N7O. The molecule has 0 aromatic carbocycles. The number of nitrogens with zero attached hydrogens (tertiary/aromatic N) is 4. The maximum absolute atomic E-state index is 12.2. The summed E-state index contributed by atoms with van der Waals surface area (Å²) >= 11 is 0. The van der Waals surface area contributed by atoms with E-state index in [-0.39, 0.29) is 18.4 Å². The van der Waals surface area contributed by atoms with Gasteiger partial charge in [-0.25, -0.2) is 14.6 Å². The Labute approximate surface area is 115 Å². The van der Waals surface area contributed by atoms with Crippen LogP contribution in [0, 0.1) is 0 Å². The highest BCUT2D eigenvalue weighted by Crippen LogP contribution is 2.13. The molecule has 20 heavy (non-hydrogen) atoms. The number of hydrazine groups is 1. The summed E-state index contributed by atoms with van der Waals surface area (Å²) in [6.45, 7) is 4.82. The van der Waals surface area contributed by atoms with Gasteiger partial charge in [0, 0.05) is 19.6 Å². The van der Waals surface area contributed by atoms with E-state index < -0.39 is 12.5 Å². The van der Waals surface area contributed by atoms with Crippen molar-refractivity contribution in [3.05, 3.63) is 0 Å². The fraction of sp³-hybridized carbons (Fsp3) is 0.700. The number of alkyl halides is 2. The van der Waals surface area contributed by atoms with Crippen LogP contribution in [0.2, 0.25) is 0 Å². The van der Waals surface area contributed by atoms with Gasteiger partial charge in [0.25, 0.3) is 6.43 Å². The molecule has 1 unspecified atom stereocenters. The molecule has 8 nitrogen and oxygen atoms in total. The molecule has 1 rings (SSSR count). The normalized spacial score (nSPS) is 12.3. The Bertz CT molecular complexity index is 417. The Morgan fingerprint density at radius 3 is 2.30 bits per heavy atom. The number of nitrogens with one attached hydrogen (secondary N) is 2. The van der Waals surface area contributed by atoms with Crippen molar-refractivity contribution in [3.63, 3.8) is 0 Å². The number of aliphatic hydroxyl groups excluding tert-OH is 1. The fourth-order valence-electron chi connectivity index (χ4n) is 1.44. The van der Waals surface area contributed by atoms with Crippen LogP contribution in [0.1, 0.15) is 13.8 Å².